The fourth-order valence-corrected chi connectivity index (χ4v) is 11.6. The molecule has 0 saturated carbocycles. The normalized spacial score (nSPS) is 13.6. The quantitative estimate of drug-likeness (QED) is 0.123. The minimum atomic E-state index is -1.85. The van der Waals surface area contributed by atoms with Crippen LogP contribution in [0.4, 0.5) is 5.69 Å². The Kier molecular flexibility index (Phi) is 11.7. The molecule has 0 aliphatic carbocycles. The van der Waals surface area contributed by atoms with Gasteiger partial charge in [0.05, 0.1) is 11.3 Å². The molecule has 4 nitrogen and oxygen atoms in total. The number of furan rings is 1. The van der Waals surface area contributed by atoms with Gasteiger partial charge in [-0.1, -0.05) is 71.6 Å². The minimum Gasteiger partial charge on any atom is -0.486 e. The van der Waals surface area contributed by atoms with Gasteiger partial charge in [-0.15, -0.1) is 18.2 Å². The fourth-order valence-electron chi connectivity index (χ4n) is 8.07. The summed E-state index contributed by atoms with van der Waals surface area (Å²) < 4.78 is 7.90. The number of benzene rings is 5. The van der Waals surface area contributed by atoms with Crippen molar-refractivity contribution in [2.24, 2.45) is 4.99 Å². The van der Waals surface area contributed by atoms with Gasteiger partial charge in [-0.2, -0.15) is 0 Å². The van der Waals surface area contributed by atoms with E-state index in [1.807, 2.05) is 37.3 Å². The molecule has 5 aromatic carbocycles. The average Bonchev–Trinajstić information content (AvgIpc) is 3.76. The van der Waals surface area contributed by atoms with Crippen molar-refractivity contribution in [2.75, 3.05) is 0 Å². The number of aliphatic imine (C=N–C) groups is 1. The Balaban J connectivity index is 0.000000211. The second kappa shape index (κ2) is 16.5. The van der Waals surface area contributed by atoms with Crippen molar-refractivity contribution in [2.45, 2.75) is 63.7 Å². The third-order valence-corrected chi connectivity index (χ3v) is 15.1. The second-order valence-corrected chi connectivity index (χ2v) is 26.8. The summed E-state index contributed by atoms with van der Waals surface area (Å²) in [4.78, 5) is 14.5. The summed E-state index contributed by atoms with van der Waals surface area (Å²) in [6, 6.07) is 48.8. The summed E-state index contributed by atoms with van der Waals surface area (Å²) in [5, 5.41) is 2.06. The van der Waals surface area contributed by atoms with Crippen LogP contribution in [0.5, 0.6) is 0 Å². The number of fused-ring (bicyclic) bond motifs is 4. The summed E-state index contributed by atoms with van der Waals surface area (Å²) in [6.45, 7) is 11.0. The first-order valence-electron chi connectivity index (χ1n) is 19.5. The second-order valence-electron chi connectivity index (χ2n) is 16.2. The molecule has 4 heterocycles. The van der Waals surface area contributed by atoms with Gasteiger partial charge in [0.1, 0.15) is 0 Å². The summed E-state index contributed by atoms with van der Waals surface area (Å²) >= 11 is -1.85. The van der Waals surface area contributed by atoms with Crippen LogP contribution >= 0.6 is 0 Å². The molecule has 0 bridgehead atoms. The van der Waals surface area contributed by atoms with Crippen LogP contribution in [0.2, 0.25) is 17.3 Å². The molecule has 0 saturated heterocycles. The molecule has 1 atom stereocenters. The predicted octanol–water partition coefficient (Wildman–Crippen LogP) is 12.9. The average molecular weight is 983 g/mol. The summed E-state index contributed by atoms with van der Waals surface area (Å²) in [6.07, 6.45) is 2.12. The molecule has 1 unspecified atom stereocenters. The van der Waals surface area contributed by atoms with E-state index >= 15 is 0 Å². The molecule has 287 valence electrons. The molecule has 1 aliphatic rings. The van der Waals surface area contributed by atoms with Gasteiger partial charge in [0.25, 0.3) is 0 Å². The van der Waals surface area contributed by atoms with E-state index in [0.717, 1.165) is 50.3 Å². The van der Waals surface area contributed by atoms with Crippen LogP contribution in [0.15, 0.2) is 137 Å². The number of pyridine rings is 2. The van der Waals surface area contributed by atoms with Crippen molar-refractivity contribution in [3.05, 3.63) is 179 Å². The Hall–Kier alpha value is -4.94. The van der Waals surface area contributed by atoms with Gasteiger partial charge in [0, 0.05) is 37.1 Å². The van der Waals surface area contributed by atoms with Gasteiger partial charge in [0.2, 0.25) is 5.71 Å². The van der Waals surface area contributed by atoms with E-state index in [1.54, 1.807) is 0 Å². The molecular formula is C51H47GeIrN3O-2. The SMILES string of the molecule is CC(C)c1cc(-c2[c-]cccc2)nc[c]1[Ge]([CH3])([CH3])[CH3].Cc1ccc2c(n1)oc1c(C3=Nc4ccccc4C3c3c(C)cc(-c4ccccc4)cc3C)[c-]ccc12.[Ir]. The maximum Gasteiger partial charge on any atom is 0.216 e. The maximum absolute atomic E-state index is 6.37. The van der Waals surface area contributed by atoms with E-state index in [9.17, 15) is 0 Å². The minimum absolute atomic E-state index is 0. The molecule has 6 heteroatoms. The molecule has 0 spiro atoms. The zero-order chi connectivity index (χ0) is 39.1. The van der Waals surface area contributed by atoms with Crippen LogP contribution < -0.4 is 4.40 Å². The molecule has 57 heavy (non-hydrogen) atoms. The van der Waals surface area contributed by atoms with Crippen LogP contribution in [-0.4, -0.2) is 28.9 Å². The van der Waals surface area contributed by atoms with Crippen LogP contribution in [0.1, 0.15) is 64.8 Å². The molecule has 1 aliphatic heterocycles. The van der Waals surface area contributed by atoms with Crippen LogP contribution in [0, 0.1) is 32.9 Å². The van der Waals surface area contributed by atoms with Crippen LogP contribution in [0.3, 0.4) is 0 Å². The van der Waals surface area contributed by atoms with Crippen LogP contribution in [-0.2, 0) is 20.1 Å². The number of para-hydroxylation sites is 1. The Labute approximate surface area is 353 Å². The Bertz CT molecular complexity index is 2720. The number of hydrogen-bond acceptors (Lipinski definition) is 4. The largest absolute Gasteiger partial charge is 0.486 e. The molecule has 8 aromatic rings. The Morgan fingerprint density at radius 3 is 2.14 bits per heavy atom. The van der Waals surface area contributed by atoms with Gasteiger partial charge < -0.3 is 4.42 Å². The number of hydrogen-bond donors (Lipinski definition) is 0. The monoisotopic (exact) mass is 984 g/mol. The van der Waals surface area contributed by atoms with Crippen molar-refractivity contribution >= 4 is 51.1 Å². The summed E-state index contributed by atoms with van der Waals surface area (Å²) in [5.74, 6) is 7.82. The van der Waals surface area contributed by atoms with E-state index in [1.165, 1.54) is 43.3 Å². The molecule has 1 radical (unpaired) electrons. The van der Waals surface area contributed by atoms with Gasteiger partial charge in [-0.25, -0.2) is 4.98 Å². The zero-order valence-corrected chi connectivity index (χ0v) is 38.4. The Morgan fingerprint density at radius 2 is 1.44 bits per heavy atom. The molecule has 0 N–H and O–H groups in total. The third-order valence-electron chi connectivity index (χ3n) is 10.8. The van der Waals surface area contributed by atoms with Gasteiger partial charge in [0.15, 0.2) is 0 Å². The van der Waals surface area contributed by atoms with Crippen molar-refractivity contribution in [1.29, 1.82) is 0 Å². The smallest absolute Gasteiger partial charge is 0.216 e. The first kappa shape index (κ1) is 40.3. The van der Waals surface area contributed by atoms with Crippen molar-refractivity contribution in [3.63, 3.8) is 0 Å². The zero-order valence-electron chi connectivity index (χ0n) is 33.9. The first-order chi connectivity index (χ1) is 27.0. The number of aryl methyl sites for hydroxylation is 3. The topological polar surface area (TPSA) is 51.3 Å². The van der Waals surface area contributed by atoms with Crippen molar-refractivity contribution in [1.82, 2.24) is 9.97 Å². The fraction of sp³-hybridized carbons (Fsp3) is 0.196. The number of rotatable bonds is 6. The van der Waals surface area contributed by atoms with Gasteiger partial charge >= 0.3 is 119 Å². The van der Waals surface area contributed by atoms with E-state index in [4.69, 9.17) is 9.41 Å². The molecule has 0 amide bonds. The van der Waals surface area contributed by atoms with Gasteiger partial charge in [-0.3, -0.25) is 4.99 Å². The molecule has 3 aromatic heterocycles. The van der Waals surface area contributed by atoms with E-state index in [-0.39, 0.29) is 26.0 Å². The van der Waals surface area contributed by atoms with Gasteiger partial charge in [-0.05, 0) is 78.1 Å². The summed E-state index contributed by atoms with van der Waals surface area (Å²) in [5.41, 5.74) is 16.3. The van der Waals surface area contributed by atoms with Crippen LogP contribution in [0.25, 0.3) is 44.5 Å². The van der Waals surface area contributed by atoms with E-state index in [2.05, 4.69) is 164 Å². The van der Waals surface area contributed by atoms with E-state index in [0.29, 0.717) is 11.6 Å². The third kappa shape index (κ3) is 7.99. The molecule has 0 fully saturated rings. The molecule has 9 rings (SSSR count). The first-order valence-corrected chi connectivity index (χ1v) is 26.8. The predicted molar refractivity (Wildman–Crippen MR) is 236 cm³/mol. The molecular weight excluding hydrogens is 935 g/mol. The number of aromatic nitrogens is 2. The Morgan fingerprint density at radius 1 is 0.719 bits per heavy atom. The van der Waals surface area contributed by atoms with E-state index < -0.39 is 13.3 Å². The van der Waals surface area contributed by atoms with Crippen molar-refractivity contribution in [3.8, 4) is 22.4 Å². The standard InChI is InChI=1S/C34H25N2O.C17H22GeN.Ir/c1-20-18-24(23-10-5-4-6-11-23)19-21(2)30(20)31-27-12-7-8-15-29(27)36-32(31)28-14-9-13-25-26-17-16-22(3)35-34(26)37-33(25)28;1-13(2)15-11-17(14-9-7-6-8-10-14)19-12-16(15)18(3,4)5;/h4-13,15-19,31H,1-3H3;6-9,11-13H,1-5H3;/q2*-1;. The maximum atomic E-state index is 6.37. The number of nitrogens with zero attached hydrogens (tertiary/aromatic N) is 3. The summed E-state index contributed by atoms with van der Waals surface area (Å²) in [7, 11) is 0. The van der Waals surface area contributed by atoms with Crippen molar-refractivity contribution < 1.29 is 24.5 Å².